The van der Waals surface area contributed by atoms with E-state index < -0.39 is 17.3 Å². The number of aromatic hydroxyl groups is 1. The fraction of sp³-hybridized carbons (Fsp3) is 0.188. The van der Waals surface area contributed by atoms with Crippen LogP contribution in [0, 0.1) is 11.8 Å². The number of rotatable bonds is 7. The summed E-state index contributed by atoms with van der Waals surface area (Å²) in [6.07, 6.45) is 7.89. The molecule has 0 aromatic heterocycles. The van der Waals surface area contributed by atoms with Gasteiger partial charge in [-0.15, -0.1) is 0 Å². The van der Waals surface area contributed by atoms with Crippen LogP contribution in [-0.4, -0.2) is 31.1 Å². The van der Waals surface area contributed by atoms with Gasteiger partial charge in [0, 0.05) is 10.9 Å². The molecule has 3 aromatic rings. The number of amides is 2. The van der Waals surface area contributed by atoms with Crippen LogP contribution in [0.5, 0.6) is 17.2 Å². The summed E-state index contributed by atoms with van der Waals surface area (Å²) in [5.41, 5.74) is 1.52. The highest BCUT2D eigenvalue weighted by molar-refractivity contribution is 6.32. The van der Waals surface area contributed by atoms with Crippen LogP contribution < -0.4 is 14.4 Å². The van der Waals surface area contributed by atoms with E-state index in [-0.39, 0.29) is 29.1 Å². The number of benzene rings is 3. The second-order valence-electron chi connectivity index (χ2n) is 9.50. The van der Waals surface area contributed by atoms with E-state index in [4.69, 9.17) is 21.1 Å². The maximum Gasteiger partial charge on any atom is 0.246 e. The van der Waals surface area contributed by atoms with Crippen LogP contribution in [0.1, 0.15) is 17.5 Å². The Hall–Kier alpha value is -4.29. The quantitative estimate of drug-likeness (QED) is 0.353. The standard InChI is InChI=1S/C32H28ClNO5/c1-4-21-14-16-26-30(36)34(24-12-8-11-23(33)19-24)31(37)32(26,22-9-6-5-7-10-22)25(21)15-13-20-17-27(38-2)29(35)28(18-20)39-3/h4-15,17-19,25-26,35H,1,16H2,2-3H3/t25-,26-,32-/m0/s1. The molecule has 1 fully saturated rings. The first kappa shape index (κ1) is 26.3. The van der Waals surface area contributed by atoms with Crippen molar-refractivity contribution in [1.82, 2.24) is 0 Å². The zero-order chi connectivity index (χ0) is 27.7. The zero-order valence-corrected chi connectivity index (χ0v) is 22.4. The van der Waals surface area contributed by atoms with Crippen LogP contribution in [0.2, 0.25) is 5.02 Å². The number of nitrogens with zero attached hydrogens (tertiary/aromatic N) is 1. The molecule has 3 atom stereocenters. The molecule has 198 valence electrons. The Morgan fingerprint density at radius 1 is 1.03 bits per heavy atom. The highest BCUT2D eigenvalue weighted by Crippen LogP contribution is 2.55. The van der Waals surface area contributed by atoms with Crippen LogP contribution in [-0.2, 0) is 15.0 Å². The van der Waals surface area contributed by atoms with E-state index in [2.05, 4.69) is 6.58 Å². The molecule has 0 bridgehead atoms. The van der Waals surface area contributed by atoms with Crippen molar-refractivity contribution in [1.29, 1.82) is 0 Å². The van der Waals surface area contributed by atoms with Crippen molar-refractivity contribution in [2.24, 2.45) is 11.8 Å². The van der Waals surface area contributed by atoms with E-state index in [0.717, 1.165) is 11.1 Å². The second-order valence-corrected chi connectivity index (χ2v) is 9.94. The molecule has 1 aliphatic heterocycles. The molecule has 7 heteroatoms. The number of halogens is 1. The molecule has 39 heavy (non-hydrogen) atoms. The Balaban J connectivity index is 1.71. The summed E-state index contributed by atoms with van der Waals surface area (Å²) in [7, 11) is 2.92. The molecule has 0 spiro atoms. The Kier molecular flexibility index (Phi) is 7.06. The van der Waals surface area contributed by atoms with Gasteiger partial charge in [0.25, 0.3) is 0 Å². The van der Waals surface area contributed by atoms with Crippen molar-refractivity contribution >= 4 is 35.2 Å². The molecular formula is C32H28ClNO5. The van der Waals surface area contributed by atoms with Crippen LogP contribution in [0.3, 0.4) is 0 Å². The minimum absolute atomic E-state index is 0.101. The second kappa shape index (κ2) is 10.5. The molecule has 0 radical (unpaired) electrons. The number of methoxy groups -OCH3 is 2. The smallest absolute Gasteiger partial charge is 0.246 e. The molecule has 0 unspecified atom stereocenters. The lowest BCUT2D eigenvalue weighted by molar-refractivity contribution is -0.124. The summed E-state index contributed by atoms with van der Waals surface area (Å²) in [6, 6.07) is 19.6. The topological polar surface area (TPSA) is 76.1 Å². The Bertz CT molecular complexity index is 1490. The van der Waals surface area contributed by atoms with Gasteiger partial charge in [-0.25, -0.2) is 4.90 Å². The van der Waals surface area contributed by atoms with Gasteiger partial charge in [-0.05, 0) is 53.5 Å². The maximum absolute atomic E-state index is 14.6. The first-order chi connectivity index (χ1) is 18.9. The monoisotopic (exact) mass is 541 g/mol. The number of anilines is 1. The molecule has 3 aromatic carbocycles. The first-order valence-electron chi connectivity index (χ1n) is 12.5. The average molecular weight is 542 g/mol. The number of phenols is 1. The lowest BCUT2D eigenvalue weighted by Gasteiger charge is -2.41. The van der Waals surface area contributed by atoms with Gasteiger partial charge in [0.1, 0.15) is 0 Å². The van der Waals surface area contributed by atoms with Gasteiger partial charge in [0.2, 0.25) is 17.6 Å². The van der Waals surface area contributed by atoms with Gasteiger partial charge in [-0.3, -0.25) is 9.59 Å². The molecule has 5 rings (SSSR count). The number of imide groups is 1. The summed E-state index contributed by atoms with van der Waals surface area (Å²) in [5.74, 6) is -1.31. The summed E-state index contributed by atoms with van der Waals surface area (Å²) in [5, 5.41) is 10.8. The molecule has 6 nitrogen and oxygen atoms in total. The third-order valence-electron chi connectivity index (χ3n) is 7.60. The predicted octanol–water partition coefficient (Wildman–Crippen LogP) is 6.34. The molecule has 1 heterocycles. The highest BCUT2D eigenvalue weighted by atomic mass is 35.5. The van der Waals surface area contributed by atoms with Crippen LogP contribution in [0.4, 0.5) is 5.69 Å². The number of ether oxygens (including phenoxy) is 2. The number of carbonyl (C=O) groups is 2. The van der Waals surface area contributed by atoms with Crippen molar-refractivity contribution in [2.75, 3.05) is 19.1 Å². The minimum atomic E-state index is -1.21. The number of carbonyl (C=O) groups excluding carboxylic acids is 2. The van der Waals surface area contributed by atoms with Crippen molar-refractivity contribution in [2.45, 2.75) is 11.8 Å². The molecule has 1 N–H and O–H groups in total. The summed E-state index contributed by atoms with van der Waals surface area (Å²) >= 11 is 6.25. The van der Waals surface area contributed by atoms with Crippen molar-refractivity contribution in [3.05, 3.63) is 113 Å². The minimum Gasteiger partial charge on any atom is -0.502 e. The lowest BCUT2D eigenvalue weighted by Crippen LogP contribution is -2.48. The van der Waals surface area contributed by atoms with Crippen molar-refractivity contribution < 1.29 is 24.2 Å². The molecule has 1 aliphatic carbocycles. The molecule has 0 saturated carbocycles. The number of hydrogen-bond acceptors (Lipinski definition) is 5. The van der Waals surface area contributed by atoms with E-state index in [9.17, 15) is 14.7 Å². The number of hydrogen-bond donors (Lipinski definition) is 1. The zero-order valence-electron chi connectivity index (χ0n) is 21.6. The average Bonchev–Trinajstić information content (AvgIpc) is 3.19. The van der Waals surface area contributed by atoms with Gasteiger partial charge in [-0.2, -0.15) is 0 Å². The largest absolute Gasteiger partial charge is 0.502 e. The third-order valence-corrected chi connectivity index (χ3v) is 7.84. The van der Waals surface area contributed by atoms with E-state index >= 15 is 0 Å². The number of allylic oxidation sites excluding steroid dienone is 4. The Morgan fingerprint density at radius 2 is 1.72 bits per heavy atom. The van der Waals surface area contributed by atoms with Gasteiger partial charge in [0.05, 0.1) is 31.2 Å². The van der Waals surface area contributed by atoms with Gasteiger partial charge in [0.15, 0.2) is 11.5 Å². The molecular weight excluding hydrogens is 514 g/mol. The molecule has 2 amide bonds. The molecule has 2 aliphatic rings. The van der Waals surface area contributed by atoms with Gasteiger partial charge >= 0.3 is 0 Å². The van der Waals surface area contributed by atoms with Crippen LogP contribution in [0.25, 0.3) is 6.08 Å². The molecule has 1 saturated heterocycles. The SMILES string of the molecule is C=CC1=CC[C@H]2C(=O)N(c3cccc(Cl)c3)C(=O)[C@@]2(c2ccccc2)[C@H]1C=Cc1cc(OC)c(O)c(OC)c1. The van der Waals surface area contributed by atoms with Gasteiger partial charge in [-0.1, -0.05) is 78.9 Å². The van der Waals surface area contributed by atoms with E-state index in [1.54, 1.807) is 42.5 Å². The Labute approximate surface area is 232 Å². The lowest BCUT2D eigenvalue weighted by atomic mass is 9.57. The normalized spacial score (nSPS) is 22.5. The third kappa shape index (κ3) is 4.21. The van der Waals surface area contributed by atoms with Gasteiger partial charge < -0.3 is 14.6 Å². The summed E-state index contributed by atoms with van der Waals surface area (Å²) in [4.78, 5) is 29.9. The van der Waals surface area contributed by atoms with Crippen LogP contribution >= 0.6 is 11.6 Å². The predicted molar refractivity (Wildman–Crippen MR) is 152 cm³/mol. The fourth-order valence-corrected chi connectivity index (χ4v) is 6.02. The van der Waals surface area contributed by atoms with Crippen molar-refractivity contribution in [3.63, 3.8) is 0 Å². The van der Waals surface area contributed by atoms with Crippen LogP contribution in [0.15, 0.2) is 97.1 Å². The van der Waals surface area contributed by atoms with E-state index in [1.807, 2.05) is 48.6 Å². The van der Waals surface area contributed by atoms with E-state index in [1.165, 1.54) is 19.1 Å². The summed E-state index contributed by atoms with van der Waals surface area (Å²) < 4.78 is 10.6. The maximum atomic E-state index is 14.6. The number of phenolic OH excluding ortho intramolecular Hbond substituents is 1. The highest BCUT2D eigenvalue weighted by Gasteiger charge is 2.64. The summed E-state index contributed by atoms with van der Waals surface area (Å²) in [6.45, 7) is 4.03. The Morgan fingerprint density at radius 3 is 2.33 bits per heavy atom. The van der Waals surface area contributed by atoms with E-state index in [0.29, 0.717) is 22.7 Å². The fourth-order valence-electron chi connectivity index (χ4n) is 5.83. The van der Waals surface area contributed by atoms with Crippen molar-refractivity contribution in [3.8, 4) is 17.2 Å². The number of fused-ring (bicyclic) bond motifs is 1. The first-order valence-corrected chi connectivity index (χ1v) is 12.9.